The maximum absolute atomic E-state index is 12.2. The number of aromatic nitrogens is 2. The van der Waals surface area contributed by atoms with Gasteiger partial charge in [-0.05, 0) is 30.2 Å². The predicted molar refractivity (Wildman–Crippen MR) is 100 cm³/mol. The van der Waals surface area contributed by atoms with Crippen LogP contribution in [-0.4, -0.2) is 30.3 Å². The van der Waals surface area contributed by atoms with Crippen LogP contribution in [0.25, 0.3) is 0 Å². The largest absolute Gasteiger partial charge is 0.493 e. The Morgan fingerprint density at radius 2 is 1.70 bits per heavy atom. The topological polar surface area (TPSA) is 86.5 Å². The Bertz CT molecular complexity index is 919. The van der Waals surface area contributed by atoms with Crippen LogP contribution < -0.4 is 14.8 Å². The molecule has 0 bridgehead atoms. The minimum Gasteiger partial charge on any atom is -0.493 e. The molecule has 7 nitrogen and oxygen atoms in total. The molecule has 1 amide bonds. The summed E-state index contributed by atoms with van der Waals surface area (Å²) in [6.07, 6.45) is 0.662. The summed E-state index contributed by atoms with van der Waals surface area (Å²) >= 11 is 0. The third-order valence-corrected chi connectivity index (χ3v) is 4.00. The van der Waals surface area contributed by atoms with Gasteiger partial charge < -0.3 is 13.9 Å². The summed E-state index contributed by atoms with van der Waals surface area (Å²) in [7, 11) is 3.11. The van der Waals surface area contributed by atoms with E-state index in [0.717, 1.165) is 11.1 Å². The number of hydrogen-bond acceptors (Lipinski definition) is 6. The molecule has 1 aromatic heterocycles. The molecule has 0 saturated carbocycles. The highest BCUT2D eigenvalue weighted by atomic mass is 16.5. The first kappa shape index (κ1) is 18.4. The number of nitrogens with zero attached hydrogens (tertiary/aromatic N) is 2. The van der Waals surface area contributed by atoms with Gasteiger partial charge in [0.2, 0.25) is 11.8 Å². The zero-order chi connectivity index (χ0) is 19.2. The minimum atomic E-state index is -0.257. The molecule has 27 heavy (non-hydrogen) atoms. The molecule has 7 heteroatoms. The lowest BCUT2D eigenvalue weighted by molar-refractivity contribution is -0.115. The van der Waals surface area contributed by atoms with Gasteiger partial charge >= 0.3 is 6.01 Å². The van der Waals surface area contributed by atoms with Gasteiger partial charge in [0.1, 0.15) is 0 Å². The van der Waals surface area contributed by atoms with Crippen molar-refractivity contribution in [1.82, 2.24) is 10.2 Å². The molecule has 2 aromatic carbocycles. The Morgan fingerprint density at radius 3 is 2.41 bits per heavy atom. The zero-order valence-electron chi connectivity index (χ0n) is 15.5. The molecule has 0 aliphatic heterocycles. The number of anilines is 1. The number of nitrogens with one attached hydrogen (secondary N) is 1. The predicted octanol–water partition coefficient (Wildman–Crippen LogP) is 3.17. The summed E-state index contributed by atoms with van der Waals surface area (Å²) < 4.78 is 15.9. The monoisotopic (exact) mass is 367 g/mol. The number of rotatable bonds is 7. The molecule has 140 valence electrons. The first-order valence-corrected chi connectivity index (χ1v) is 8.46. The lowest BCUT2D eigenvalue weighted by Gasteiger charge is -2.09. The fourth-order valence-corrected chi connectivity index (χ4v) is 2.60. The van der Waals surface area contributed by atoms with Crippen molar-refractivity contribution in [2.45, 2.75) is 19.8 Å². The van der Waals surface area contributed by atoms with Gasteiger partial charge in [0.25, 0.3) is 0 Å². The van der Waals surface area contributed by atoms with E-state index in [-0.39, 0.29) is 18.3 Å². The van der Waals surface area contributed by atoms with Gasteiger partial charge in [-0.25, -0.2) is 0 Å². The Morgan fingerprint density at radius 1 is 1.00 bits per heavy atom. The molecule has 0 unspecified atom stereocenters. The van der Waals surface area contributed by atoms with E-state index in [1.54, 1.807) is 32.4 Å². The fourth-order valence-electron chi connectivity index (χ4n) is 2.60. The number of aryl methyl sites for hydroxylation is 1. The Balaban J connectivity index is 1.60. The summed E-state index contributed by atoms with van der Waals surface area (Å²) in [6, 6.07) is 13.5. The van der Waals surface area contributed by atoms with Crippen molar-refractivity contribution in [1.29, 1.82) is 0 Å². The first-order chi connectivity index (χ1) is 13.1. The maximum atomic E-state index is 12.2. The Hall–Kier alpha value is -3.35. The molecule has 0 saturated heterocycles. The van der Waals surface area contributed by atoms with Gasteiger partial charge in [0, 0.05) is 0 Å². The first-order valence-electron chi connectivity index (χ1n) is 8.46. The van der Waals surface area contributed by atoms with Crippen LogP contribution in [0.15, 0.2) is 46.9 Å². The summed E-state index contributed by atoms with van der Waals surface area (Å²) in [5.41, 5.74) is 3.03. The van der Waals surface area contributed by atoms with E-state index in [4.69, 9.17) is 13.9 Å². The lowest BCUT2D eigenvalue weighted by atomic mass is 10.1. The molecule has 3 rings (SSSR count). The van der Waals surface area contributed by atoms with Crippen molar-refractivity contribution in [3.8, 4) is 11.5 Å². The van der Waals surface area contributed by atoms with Crippen LogP contribution in [0, 0.1) is 6.92 Å². The molecular formula is C20H21N3O4. The number of carbonyl (C=O) groups excluding carboxylic acids is 1. The van der Waals surface area contributed by atoms with Crippen LogP contribution in [-0.2, 0) is 17.6 Å². The molecule has 0 radical (unpaired) electrons. The van der Waals surface area contributed by atoms with E-state index in [1.807, 2.05) is 31.2 Å². The van der Waals surface area contributed by atoms with Gasteiger partial charge in [0.15, 0.2) is 11.5 Å². The average molecular weight is 367 g/mol. The van der Waals surface area contributed by atoms with Crippen LogP contribution in [0.3, 0.4) is 0 Å². The van der Waals surface area contributed by atoms with E-state index >= 15 is 0 Å². The second-order valence-corrected chi connectivity index (χ2v) is 6.08. The van der Waals surface area contributed by atoms with Crippen molar-refractivity contribution < 1.29 is 18.7 Å². The molecule has 1 N–H and O–H groups in total. The smallest absolute Gasteiger partial charge is 0.322 e. The third-order valence-electron chi connectivity index (χ3n) is 4.00. The van der Waals surface area contributed by atoms with E-state index in [0.29, 0.717) is 23.8 Å². The van der Waals surface area contributed by atoms with Crippen molar-refractivity contribution in [2.24, 2.45) is 0 Å². The quantitative estimate of drug-likeness (QED) is 0.690. The van der Waals surface area contributed by atoms with Crippen LogP contribution in [0.5, 0.6) is 11.5 Å². The highest BCUT2D eigenvalue weighted by molar-refractivity contribution is 5.90. The van der Waals surface area contributed by atoms with E-state index < -0.39 is 0 Å². The lowest BCUT2D eigenvalue weighted by Crippen LogP contribution is -2.14. The normalized spacial score (nSPS) is 10.5. The average Bonchev–Trinajstić information content (AvgIpc) is 3.10. The summed E-state index contributed by atoms with van der Waals surface area (Å²) in [4.78, 5) is 12.2. The molecule has 0 atom stereocenters. The number of ether oxygens (including phenoxy) is 2. The van der Waals surface area contributed by atoms with Crippen LogP contribution in [0.1, 0.15) is 22.6 Å². The number of methoxy groups -OCH3 is 2. The minimum absolute atomic E-state index is 0.0857. The van der Waals surface area contributed by atoms with Crippen molar-refractivity contribution in [3.63, 3.8) is 0 Å². The van der Waals surface area contributed by atoms with E-state index in [2.05, 4.69) is 15.5 Å². The summed E-state index contributed by atoms with van der Waals surface area (Å²) in [5.74, 6) is 1.37. The standard InChI is InChI=1S/C20H21N3O4/c1-13-4-6-14(7-5-13)12-19-22-23-20(27-19)21-18(24)11-15-8-9-16(25-2)17(10-15)26-3/h4-10H,11-12H2,1-3H3,(H,21,23,24). The van der Waals surface area contributed by atoms with E-state index in [1.165, 1.54) is 5.56 Å². The van der Waals surface area contributed by atoms with Crippen molar-refractivity contribution in [3.05, 3.63) is 65.0 Å². The molecule has 0 fully saturated rings. The Kier molecular flexibility index (Phi) is 5.71. The van der Waals surface area contributed by atoms with E-state index in [9.17, 15) is 4.79 Å². The third kappa shape index (κ3) is 4.84. The van der Waals surface area contributed by atoms with Gasteiger partial charge in [-0.3, -0.25) is 10.1 Å². The molecule has 1 heterocycles. The fraction of sp³-hybridized carbons (Fsp3) is 0.250. The maximum Gasteiger partial charge on any atom is 0.322 e. The number of amides is 1. The SMILES string of the molecule is COc1ccc(CC(=O)Nc2nnc(Cc3ccc(C)cc3)o2)cc1OC. The molecule has 0 aliphatic rings. The van der Waals surface area contributed by atoms with Gasteiger partial charge in [-0.1, -0.05) is 41.0 Å². The number of hydrogen-bond donors (Lipinski definition) is 1. The second-order valence-electron chi connectivity index (χ2n) is 6.08. The highest BCUT2D eigenvalue weighted by Gasteiger charge is 2.12. The van der Waals surface area contributed by atoms with Crippen LogP contribution in [0.2, 0.25) is 0 Å². The van der Waals surface area contributed by atoms with Gasteiger partial charge in [0.05, 0.1) is 27.1 Å². The number of benzene rings is 2. The molecule has 0 aliphatic carbocycles. The zero-order valence-corrected chi connectivity index (χ0v) is 15.5. The molecule has 0 spiro atoms. The molecule has 3 aromatic rings. The van der Waals surface area contributed by atoms with Gasteiger partial charge in [-0.15, -0.1) is 5.10 Å². The van der Waals surface area contributed by atoms with Crippen molar-refractivity contribution in [2.75, 3.05) is 19.5 Å². The summed E-state index contributed by atoms with van der Waals surface area (Å²) in [6.45, 7) is 2.03. The van der Waals surface area contributed by atoms with Gasteiger partial charge in [-0.2, -0.15) is 0 Å². The van der Waals surface area contributed by atoms with Crippen LogP contribution in [0.4, 0.5) is 6.01 Å². The van der Waals surface area contributed by atoms with Crippen molar-refractivity contribution >= 4 is 11.9 Å². The highest BCUT2D eigenvalue weighted by Crippen LogP contribution is 2.27. The van der Waals surface area contributed by atoms with Crippen LogP contribution >= 0.6 is 0 Å². The number of carbonyl (C=O) groups is 1. The second kappa shape index (κ2) is 8.35. The summed E-state index contributed by atoms with van der Waals surface area (Å²) in [5, 5.41) is 10.5. The Labute approximate surface area is 157 Å². The molecular weight excluding hydrogens is 346 g/mol.